The van der Waals surface area contributed by atoms with Crippen LogP contribution in [0.5, 0.6) is 0 Å². The summed E-state index contributed by atoms with van der Waals surface area (Å²) >= 11 is 0. The number of aromatic nitrogens is 3. The van der Waals surface area contributed by atoms with Gasteiger partial charge in [-0.05, 0) is 31.2 Å². The molecule has 3 aromatic rings. The van der Waals surface area contributed by atoms with Gasteiger partial charge in [-0.3, -0.25) is 9.55 Å². The van der Waals surface area contributed by atoms with Gasteiger partial charge < -0.3 is 4.98 Å². The zero-order chi connectivity index (χ0) is 12.7. The SMILES string of the molecule is Cc1ccc(-n2c(=O)[nH]c3ccc(F)cc32)cn1. The number of aromatic amines is 1. The lowest BCUT2D eigenvalue weighted by Crippen LogP contribution is -2.14. The molecule has 3 rings (SSSR count). The number of hydrogen-bond acceptors (Lipinski definition) is 2. The van der Waals surface area contributed by atoms with Crippen LogP contribution in [0.3, 0.4) is 0 Å². The predicted octanol–water partition coefficient (Wildman–Crippen LogP) is 2.16. The number of hydrogen-bond donors (Lipinski definition) is 1. The van der Waals surface area contributed by atoms with Crippen LogP contribution >= 0.6 is 0 Å². The van der Waals surface area contributed by atoms with Gasteiger partial charge in [-0.2, -0.15) is 0 Å². The van der Waals surface area contributed by atoms with Crippen LogP contribution in [-0.4, -0.2) is 14.5 Å². The summed E-state index contributed by atoms with van der Waals surface area (Å²) in [5, 5.41) is 0. The largest absolute Gasteiger partial charge is 0.331 e. The Morgan fingerprint density at radius 1 is 1.28 bits per heavy atom. The number of fused-ring (bicyclic) bond motifs is 1. The van der Waals surface area contributed by atoms with E-state index in [0.717, 1.165) is 5.69 Å². The van der Waals surface area contributed by atoms with E-state index in [0.29, 0.717) is 16.7 Å². The first-order chi connectivity index (χ1) is 8.65. The Hall–Kier alpha value is -2.43. The lowest BCUT2D eigenvalue weighted by Gasteiger charge is -2.03. The molecule has 0 saturated carbocycles. The minimum absolute atomic E-state index is 0.304. The molecule has 2 aromatic heterocycles. The summed E-state index contributed by atoms with van der Waals surface area (Å²) in [6.45, 7) is 1.86. The normalized spacial score (nSPS) is 11.0. The molecule has 0 fully saturated rings. The lowest BCUT2D eigenvalue weighted by atomic mass is 10.3. The molecule has 1 N–H and O–H groups in total. The minimum atomic E-state index is -0.379. The van der Waals surface area contributed by atoms with Crippen LogP contribution in [0.1, 0.15) is 5.69 Å². The van der Waals surface area contributed by atoms with E-state index in [2.05, 4.69) is 9.97 Å². The van der Waals surface area contributed by atoms with Gasteiger partial charge in [0.25, 0.3) is 0 Å². The maximum atomic E-state index is 13.3. The van der Waals surface area contributed by atoms with Crippen LogP contribution in [0.4, 0.5) is 4.39 Å². The molecule has 0 atom stereocenters. The fourth-order valence-electron chi connectivity index (χ4n) is 1.92. The second-order valence-electron chi connectivity index (χ2n) is 4.08. The highest BCUT2D eigenvalue weighted by Crippen LogP contribution is 2.16. The Bertz CT molecular complexity index is 771. The Morgan fingerprint density at radius 3 is 2.83 bits per heavy atom. The van der Waals surface area contributed by atoms with E-state index in [1.54, 1.807) is 24.4 Å². The Kier molecular flexibility index (Phi) is 2.26. The van der Waals surface area contributed by atoms with Crippen molar-refractivity contribution >= 4 is 11.0 Å². The predicted molar refractivity (Wildman–Crippen MR) is 66.4 cm³/mol. The average Bonchev–Trinajstić information content (AvgIpc) is 2.66. The molecule has 2 heterocycles. The molecule has 0 aliphatic rings. The number of rotatable bonds is 1. The number of H-pyrrole nitrogens is 1. The topological polar surface area (TPSA) is 50.7 Å². The van der Waals surface area contributed by atoms with Crippen LogP contribution in [-0.2, 0) is 0 Å². The quantitative estimate of drug-likeness (QED) is 0.712. The highest BCUT2D eigenvalue weighted by atomic mass is 19.1. The third-order valence-corrected chi connectivity index (χ3v) is 2.80. The summed E-state index contributed by atoms with van der Waals surface area (Å²) in [5.41, 5.74) is 2.27. The maximum Gasteiger partial charge on any atom is 0.331 e. The summed E-state index contributed by atoms with van der Waals surface area (Å²) in [5.74, 6) is -0.379. The second-order valence-corrected chi connectivity index (χ2v) is 4.08. The molecule has 0 spiro atoms. The number of imidazole rings is 1. The van der Waals surface area contributed by atoms with Crippen molar-refractivity contribution in [3.8, 4) is 5.69 Å². The van der Waals surface area contributed by atoms with Crippen LogP contribution in [0.2, 0.25) is 0 Å². The first kappa shape index (κ1) is 10.7. The van der Waals surface area contributed by atoms with E-state index < -0.39 is 0 Å². The van der Waals surface area contributed by atoms with Gasteiger partial charge in [0, 0.05) is 11.8 Å². The summed E-state index contributed by atoms with van der Waals surface area (Å²) in [4.78, 5) is 18.7. The molecule has 0 saturated heterocycles. The standard InChI is InChI=1S/C13H10FN3O/c1-8-2-4-10(7-15-8)17-12-6-9(14)3-5-11(12)16-13(17)18/h2-7H,1H3,(H,16,18). The van der Waals surface area contributed by atoms with Gasteiger partial charge in [0.2, 0.25) is 0 Å². The van der Waals surface area contributed by atoms with Crippen LogP contribution in [0.25, 0.3) is 16.7 Å². The number of nitrogens with zero attached hydrogens (tertiary/aromatic N) is 2. The molecule has 0 aliphatic heterocycles. The first-order valence-corrected chi connectivity index (χ1v) is 5.48. The molecule has 0 bridgehead atoms. The second kappa shape index (κ2) is 3.80. The molecule has 0 unspecified atom stereocenters. The lowest BCUT2D eigenvalue weighted by molar-refractivity contribution is 0.629. The van der Waals surface area contributed by atoms with Gasteiger partial charge in [-0.1, -0.05) is 0 Å². The van der Waals surface area contributed by atoms with E-state index in [4.69, 9.17) is 0 Å². The fraction of sp³-hybridized carbons (Fsp3) is 0.0769. The number of benzene rings is 1. The van der Waals surface area contributed by atoms with Crippen molar-refractivity contribution in [2.24, 2.45) is 0 Å². The summed E-state index contributed by atoms with van der Waals surface area (Å²) in [6, 6.07) is 7.77. The Balaban J connectivity index is 2.34. The van der Waals surface area contributed by atoms with Gasteiger partial charge in [-0.25, -0.2) is 9.18 Å². The zero-order valence-corrected chi connectivity index (χ0v) is 9.64. The van der Waals surface area contributed by atoms with Crippen LogP contribution in [0, 0.1) is 12.7 Å². The van der Waals surface area contributed by atoms with E-state index in [1.807, 2.05) is 6.92 Å². The zero-order valence-electron chi connectivity index (χ0n) is 9.64. The van der Waals surface area contributed by atoms with Crippen molar-refractivity contribution in [1.29, 1.82) is 0 Å². The van der Waals surface area contributed by atoms with Crippen LogP contribution < -0.4 is 5.69 Å². The Morgan fingerprint density at radius 2 is 2.11 bits per heavy atom. The molecule has 18 heavy (non-hydrogen) atoms. The van der Waals surface area contributed by atoms with Crippen molar-refractivity contribution in [2.75, 3.05) is 0 Å². The number of nitrogens with one attached hydrogen (secondary N) is 1. The molecular weight excluding hydrogens is 233 g/mol. The number of halogens is 1. The molecule has 4 nitrogen and oxygen atoms in total. The van der Waals surface area contributed by atoms with Crippen molar-refractivity contribution in [3.05, 3.63) is 58.5 Å². The van der Waals surface area contributed by atoms with Gasteiger partial charge in [0.15, 0.2) is 0 Å². The van der Waals surface area contributed by atoms with E-state index in [1.165, 1.54) is 16.7 Å². The minimum Gasteiger partial charge on any atom is -0.305 e. The van der Waals surface area contributed by atoms with Gasteiger partial charge in [-0.15, -0.1) is 0 Å². The number of pyridine rings is 1. The molecular formula is C13H10FN3O. The van der Waals surface area contributed by atoms with E-state index in [-0.39, 0.29) is 11.5 Å². The molecule has 90 valence electrons. The average molecular weight is 243 g/mol. The summed E-state index contributed by atoms with van der Waals surface area (Å²) in [7, 11) is 0. The van der Waals surface area contributed by atoms with E-state index >= 15 is 0 Å². The van der Waals surface area contributed by atoms with Gasteiger partial charge in [0.05, 0.1) is 22.9 Å². The van der Waals surface area contributed by atoms with Crippen molar-refractivity contribution in [3.63, 3.8) is 0 Å². The monoisotopic (exact) mass is 243 g/mol. The fourth-order valence-corrected chi connectivity index (χ4v) is 1.92. The first-order valence-electron chi connectivity index (χ1n) is 5.48. The molecule has 1 aromatic carbocycles. The number of aryl methyl sites for hydroxylation is 1. The van der Waals surface area contributed by atoms with Crippen molar-refractivity contribution in [2.45, 2.75) is 6.92 Å². The summed E-state index contributed by atoms with van der Waals surface area (Å²) < 4.78 is 14.7. The summed E-state index contributed by atoms with van der Waals surface area (Å²) in [6.07, 6.45) is 1.59. The third kappa shape index (κ3) is 1.60. The smallest absolute Gasteiger partial charge is 0.305 e. The molecule has 0 amide bonds. The van der Waals surface area contributed by atoms with Crippen LogP contribution in [0.15, 0.2) is 41.3 Å². The Labute approximate surface area is 102 Å². The van der Waals surface area contributed by atoms with Gasteiger partial charge in [0.1, 0.15) is 5.82 Å². The molecule has 0 radical (unpaired) electrons. The highest BCUT2D eigenvalue weighted by Gasteiger charge is 2.09. The van der Waals surface area contributed by atoms with Gasteiger partial charge >= 0.3 is 5.69 Å². The highest BCUT2D eigenvalue weighted by molar-refractivity contribution is 5.77. The van der Waals surface area contributed by atoms with Crippen molar-refractivity contribution in [1.82, 2.24) is 14.5 Å². The maximum absolute atomic E-state index is 13.3. The molecule has 5 heteroatoms. The van der Waals surface area contributed by atoms with Crippen molar-refractivity contribution < 1.29 is 4.39 Å². The molecule has 0 aliphatic carbocycles. The van der Waals surface area contributed by atoms with E-state index in [9.17, 15) is 9.18 Å². The third-order valence-electron chi connectivity index (χ3n) is 2.80.